The third kappa shape index (κ3) is 2.52. The van der Waals surface area contributed by atoms with Crippen LogP contribution in [-0.4, -0.2) is 31.7 Å². The summed E-state index contributed by atoms with van der Waals surface area (Å²) in [7, 11) is 0. The van der Waals surface area contributed by atoms with Gasteiger partial charge in [0.1, 0.15) is 5.78 Å². The summed E-state index contributed by atoms with van der Waals surface area (Å²) in [5.41, 5.74) is 0.00733. The summed E-state index contributed by atoms with van der Waals surface area (Å²) in [4.78, 5) is 13.1. The van der Waals surface area contributed by atoms with Crippen molar-refractivity contribution >= 4 is 17.5 Å². The Bertz CT molecular complexity index is 601. The van der Waals surface area contributed by atoms with Crippen molar-refractivity contribution in [3.63, 3.8) is 0 Å². The van der Waals surface area contributed by atoms with E-state index < -0.39 is 0 Å². The minimum atomic E-state index is 0.00733. The van der Waals surface area contributed by atoms with Crippen LogP contribution in [0, 0.1) is 23.2 Å². The van der Waals surface area contributed by atoms with E-state index in [0.717, 1.165) is 42.2 Å². The quantitative estimate of drug-likeness (QED) is 0.761. The number of hydrogen-bond acceptors (Lipinski definition) is 5. The van der Waals surface area contributed by atoms with Gasteiger partial charge in [-0.25, -0.2) is 4.68 Å². The summed E-state index contributed by atoms with van der Waals surface area (Å²) in [5, 5.41) is 13.1. The average Bonchev–Trinajstić information content (AvgIpc) is 3.22. The molecule has 0 N–H and O–H groups in total. The number of tetrazole rings is 1. The smallest absolute Gasteiger partial charge is 0.210 e. The summed E-state index contributed by atoms with van der Waals surface area (Å²) in [5.74, 6) is 3.52. The van der Waals surface area contributed by atoms with Crippen molar-refractivity contribution < 1.29 is 4.79 Å². The van der Waals surface area contributed by atoms with Crippen LogP contribution in [0.5, 0.6) is 0 Å². The fourth-order valence-electron chi connectivity index (χ4n) is 6.39. The molecule has 1 heterocycles. The van der Waals surface area contributed by atoms with Crippen LogP contribution in [0.3, 0.4) is 0 Å². The highest BCUT2D eigenvalue weighted by molar-refractivity contribution is 7.99. The third-order valence-electron chi connectivity index (χ3n) is 7.10. The van der Waals surface area contributed by atoms with E-state index in [-0.39, 0.29) is 5.41 Å². The average molecular weight is 347 g/mol. The van der Waals surface area contributed by atoms with Gasteiger partial charge in [-0.2, -0.15) is 0 Å². The van der Waals surface area contributed by atoms with Crippen LogP contribution >= 0.6 is 11.8 Å². The number of carbonyl (C=O) groups excluding carboxylic acids is 1. The highest BCUT2D eigenvalue weighted by atomic mass is 32.2. The molecule has 0 aromatic carbocycles. The fraction of sp³-hybridized carbons (Fsp3) is 0.889. The van der Waals surface area contributed by atoms with Gasteiger partial charge >= 0.3 is 0 Å². The van der Waals surface area contributed by atoms with Crippen molar-refractivity contribution in [1.82, 2.24) is 20.2 Å². The highest BCUT2D eigenvalue weighted by Gasteiger charge is 2.54. The highest BCUT2D eigenvalue weighted by Crippen LogP contribution is 2.60. The first-order valence-corrected chi connectivity index (χ1v) is 10.6. The molecule has 6 heteroatoms. The van der Waals surface area contributed by atoms with Crippen LogP contribution in [0.15, 0.2) is 5.16 Å². The molecule has 5 nitrogen and oxygen atoms in total. The number of nitrogens with zero attached hydrogens (tertiary/aromatic N) is 4. The lowest BCUT2D eigenvalue weighted by Gasteiger charge is -2.56. The summed E-state index contributed by atoms with van der Waals surface area (Å²) in [6, 6.07) is 0.442. The molecule has 0 unspecified atom stereocenters. The number of aromatic nitrogens is 4. The molecule has 24 heavy (non-hydrogen) atoms. The van der Waals surface area contributed by atoms with E-state index in [1.807, 2.05) is 4.68 Å². The predicted molar refractivity (Wildman–Crippen MR) is 91.7 cm³/mol. The molecule has 0 spiro atoms. The molecule has 0 radical (unpaired) electrons. The van der Waals surface area contributed by atoms with Crippen molar-refractivity contribution in [2.75, 3.05) is 5.75 Å². The second kappa shape index (κ2) is 5.82. The van der Waals surface area contributed by atoms with Crippen molar-refractivity contribution in [2.24, 2.45) is 23.2 Å². The summed E-state index contributed by atoms with van der Waals surface area (Å²) in [6.45, 7) is 0. The van der Waals surface area contributed by atoms with Crippen molar-refractivity contribution in [2.45, 2.75) is 75.4 Å². The number of Topliss-reactive ketones (excluding diaryl/α,β-unsaturated/α-hetero) is 1. The molecule has 5 fully saturated rings. The SMILES string of the molecule is O=C(CSc1nnnn1C1CCCC1)C12CC3CC(CC(C3)C1)C2. The second-order valence-electron chi connectivity index (χ2n) is 8.75. The monoisotopic (exact) mass is 346 g/mol. The molecule has 130 valence electrons. The zero-order valence-electron chi connectivity index (χ0n) is 14.2. The lowest BCUT2D eigenvalue weighted by atomic mass is 9.48. The Hall–Kier alpha value is -0.910. The van der Waals surface area contributed by atoms with Crippen LogP contribution in [0.2, 0.25) is 0 Å². The molecule has 6 rings (SSSR count). The Labute approximate surface area is 147 Å². The van der Waals surface area contributed by atoms with Crippen LogP contribution < -0.4 is 0 Å². The molecule has 1 aromatic heterocycles. The number of thioether (sulfide) groups is 1. The lowest BCUT2D eigenvalue weighted by Crippen LogP contribution is -2.50. The van der Waals surface area contributed by atoms with Gasteiger partial charge in [-0.1, -0.05) is 24.6 Å². The van der Waals surface area contributed by atoms with Gasteiger partial charge in [-0.05, 0) is 79.5 Å². The van der Waals surface area contributed by atoms with E-state index in [0.29, 0.717) is 17.6 Å². The molecule has 5 aliphatic carbocycles. The standard InChI is InChI=1S/C18H26N4OS/c23-16(18-8-12-5-13(9-18)7-14(6-12)10-18)11-24-17-19-20-21-22(17)15-3-1-2-4-15/h12-15H,1-11H2. The molecule has 1 aromatic rings. The Morgan fingerprint density at radius 1 is 1.08 bits per heavy atom. The first-order valence-electron chi connectivity index (χ1n) is 9.66. The molecule has 0 saturated heterocycles. The lowest BCUT2D eigenvalue weighted by molar-refractivity contribution is -0.141. The Kier molecular flexibility index (Phi) is 3.72. The summed E-state index contributed by atoms with van der Waals surface area (Å²) < 4.78 is 1.98. The number of rotatable bonds is 5. The van der Waals surface area contributed by atoms with Gasteiger partial charge in [-0.15, -0.1) is 5.10 Å². The van der Waals surface area contributed by atoms with E-state index >= 15 is 0 Å². The van der Waals surface area contributed by atoms with Gasteiger partial charge in [0, 0.05) is 5.41 Å². The number of ketones is 1. The maximum atomic E-state index is 13.1. The van der Waals surface area contributed by atoms with Crippen molar-refractivity contribution in [3.8, 4) is 0 Å². The van der Waals surface area contributed by atoms with E-state index in [4.69, 9.17) is 0 Å². The Morgan fingerprint density at radius 3 is 2.33 bits per heavy atom. The van der Waals surface area contributed by atoms with Gasteiger partial charge in [0.05, 0.1) is 11.8 Å². The predicted octanol–water partition coefficient (Wildman–Crippen LogP) is 3.67. The van der Waals surface area contributed by atoms with Gasteiger partial charge < -0.3 is 0 Å². The van der Waals surface area contributed by atoms with Gasteiger partial charge in [0.15, 0.2) is 0 Å². The maximum Gasteiger partial charge on any atom is 0.210 e. The van der Waals surface area contributed by atoms with Crippen LogP contribution in [0.1, 0.15) is 70.3 Å². The van der Waals surface area contributed by atoms with E-state index in [2.05, 4.69) is 15.5 Å². The first-order chi connectivity index (χ1) is 11.7. The van der Waals surface area contributed by atoms with Crippen LogP contribution in [-0.2, 0) is 4.79 Å². The largest absolute Gasteiger partial charge is 0.298 e. The van der Waals surface area contributed by atoms with Crippen LogP contribution in [0.25, 0.3) is 0 Å². The zero-order chi connectivity index (χ0) is 16.1. The minimum Gasteiger partial charge on any atom is -0.298 e. The van der Waals surface area contributed by atoms with Gasteiger partial charge in [-0.3, -0.25) is 4.79 Å². The van der Waals surface area contributed by atoms with Crippen molar-refractivity contribution in [1.29, 1.82) is 0 Å². The third-order valence-corrected chi connectivity index (χ3v) is 8.03. The van der Waals surface area contributed by atoms with E-state index in [1.165, 1.54) is 44.9 Å². The van der Waals surface area contributed by atoms with Crippen LogP contribution in [0.4, 0.5) is 0 Å². The number of carbonyl (C=O) groups is 1. The molecule has 0 amide bonds. The maximum absolute atomic E-state index is 13.1. The fourth-order valence-corrected chi connectivity index (χ4v) is 7.37. The summed E-state index contributed by atoms with van der Waals surface area (Å²) in [6.07, 6.45) is 12.5. The minimum absolute atomic E-state index is 0.00733. The molecular weight excluding hydrogens is 320 g/mol. The van der Waals surface area contributed by atoms with Gasteiger partial charge in [0.25, 0.3) is 0 Å². The first kappa shape index (κ1) is 15.4. The number of hydrogen-bond donors (Lipinski definition) is 0. The molecule has 0 aliphatic heterocycles. The molecule has 4 bridgehead atoms. The molecule has 5 aliphatic rings. The van der Waals surface area contributed by atoms with Gasteiger partial charge in [0.2, 0.25) is 5.16 Å². The van der Waals surface area contributed by atoms with E-state index in [9.17, 15) is 4.79 Å². The normalized spacial score (nSPS) is 38.1. The Morgan fingerprint density at radius 2 is 1.71 bits per heavy atom. The molecule has 5 saturated carbocycles. The van der Waals surface area contributed by atoms with Crippen molar-refractivity contribution in [3.05, 3.63) is 0 Å². The molecule has 0 atom stereocenters. The Balaban J connectivity index is 1.27. The molecular formula is C18H26N4OS. The van der Waals surface area contributed by atoms with E-state index in [1.54, 1.807) is 11.8 Å². The summed E-state index contributed by atoms with van der Waals surface area (Å²) >= 11 is 1.57. The second-order valence-corrected chi connectivity index (χ2v) is 9.70. The topological polar surface area (TPSA) is 60.7 Å². The zero-order valence-corrected chi connectivity index (χ0v) is 15.0.